The zero-order chi connectivity index (χ0) is 21.3. The maximum Gasteiger partial charge on any atom is 0.329 e. The van der Waals surface area contributed by atoms with Crippen molar-refractivity contribution in [3.05, 3.63) is 94.0 Å². The number of aryl methyl sites for hydroxylation is 1. The lowest BCUT2D eigenvalue weighted by atomic mass is 10.2. The van der Waals surface area contributed by atoms with Crippen molar-refractivity contribution in [2.45, 2.75) is 13.5 Å². The fourth-order valence-corrected chi connectivity index (χ4v) is 2.90. The Morgan fingerprint density at radius 3 is 2.47 bits per heavy atom. The lowest BCUT2D eigenvalue weighted by Gasteiger charge is -2.09. The molecule has 0 saturated carbocycles. The van der Waals surface area contributed by atoms with Gasteiger partial charge in [0.15, 0.2) is 0 Å². The fourth-order valence-electron chi connectivity index (χ4n) is 2.52. The van der Waals surface area contributed by atoms with Crippen molar-refractivity contribution in [1.82, 2.24) is 5.43 Å². The highest BCUT2D eigenvalue weighted by molar-refractivity contribution is 9.10. The zero-order valence-electron chi connectivity index (χ0n) is 16.3. The minimum Gasteiger partial charge on any atom is -0.488 e. The van der Waals surface area contributed by atoms with Crippen LogP contribution in [0.15, 0.2) is 82.4 Å². The SMILES string of the molecule is Cc1ccc(NC(=O)C(=O)N/N=C\c2cc(Br)ccc2OCc2ccccc2)cc1. The Kier molecular flexibility index (Phi) is 7.34. The Morgan fingerprint density at radius 1 is 1.00 bits per heavy atom. The van der Waals surface area contributed by atoms with Crippen molar-refractivity contribution in [1.29, 1.82) is 0 Å². The van der Waals surface area contributed by atoms with Crippen LogP contribution in [0, 0.1) is 6.92 Å². The van der Waals surface area contributed by atoms with Gasteiger partial charge in [0, 0.05) is 15.7 Å². The molecule has 3 aromatic rings. The topological polar surface area (TPSA) is 79.8 Å². The molecule has 152 valence electrons. The van der Waals surface area contributed by atoms with Crippen LogP contribution in [0.4, 0.5) is 5.69 Å². The van der Waals surface area contributed by atoms with Crippen LogP contribution < -0.4 is 15.5 Å². The number of carbonyl (C=O) groups is 2. The molecule has 0 fully saturated rings. The summed E-state index contributed by atoms with van der Waals surface area (Å²) in [5.74, 6) is -1.07. The average Bonchev–Trinajstić information content (AvgIpc) is 2.75. The van der Waals surface area contributed by atoms with Gasteiger partial charge in [-0.1, -0.05) is 64.0 Å². The molecule has 0 aliphatic rings. The van der Waals surface area contributed by atoms with Gasteiger partial charge in [0.05, 0.1) is 6.21 Å². The van der Waals surface area contributed by atoms with E-state index in [0.29, 0.717) is 23.6 Å². The van der Waals surface area contributed by atoms with E-state index in [2.05, 4.69) is 31.8 Å². The number of carbonyl (C=O) groups excluding carboxylic acids is 2. The Labute approximate surface area is 183 Å². The Hall–Kier alpha value is -3.45. The van der Waals surface area contributed by atoms with Crippen molar-refractivity contribution >= 4 is 39.6 Å². The number of amides is 2. The summed E-state index contributed by atoms with van der Waals surface area (Å²) in [5, 5.41) is 6.41. The van der Waals surface area contributed by atoms with E-state index >= 15 is 0 Å². The largest absolute Gasteiger partial charge is 0.488 e. The van der Waals surface area contributed by atoms with Crippen molar-refractivity contribution in [3.63, 3.8) is 0 Å². The Morgan fingerprint density at radius 2 is 1.73 bits per heavy atom. The summed E-state index contributed by atoms with van der Waals surface area (Å²) in [5.41, 5.74) is 5.51. The molecule has 2 N–H and O–H groups in total. The summed E-state index contributed by atoms with van der Waals surface area (Å²) < 4.78 is 6.70. The van der Waals surface area contributed by atoms with Gasteiger partial charge in [0.1, 0.15) is 12.4 Å². The smallest absolute Gasteiger partial charge is 0.329 e. The Balaban J connectivity index is 1.60. The van der Waals surface area contributed by atoms with Crippen LogP contribution in [0.5, 0.6) is 5.75 Å². The summed E-state index contributed by atoms with van der Waals surface area (Å²) in [6.07, 6.45) is 1.43. The van der Waals surface area contributed by atoms with E-state index < -0.39 is 11.8 Å². The van der Waals surface area contributed by atoms with Gasteiger partial charge in [-0.15, -0.1) is 0 Å². The normalized spacial score (nSPS) is 10.6. The molecule has 0 atom stereocenters. The summed E-state index contributed by atoms with van der Waals surface area (Å²) in [4.78, 5) is 24.0. The monoisotopic (exact) mass is 465 g/mol. The molecule has 0 unspecified atom stereocenters. The van der Waals surface area contributed by atoms with Gasteiger partial charge in [-0.25, -0.2) is 5.43 Å². The number of halogens is 1. The third-order valence-electron chi connectivity index (χ3n) is 4.09. The first-order chi connectivity index (χ1) is 14.5. The van der Waals surface area contributed by atoms with Gasteiger partial charge in [0.2, 0.25) is 0 Å². The molecule has 0 radical (unpaired) electrons. The summed E-state index contributed by atoms with van der Waals surface area (Å²) in [7, 11) is 0. The molecule has 0 bridgehead atoms. The highest BCUT2D eigenvalue weighted by Crippen LogP contribution is 2.22. The number of nitrogens with zero attached hydrogens (tertiary/aromatic N) is 1. The molecule has 30 heavy (non-hydrogen) atoms. The van der Waals surface area contributed by atoms with Crippen molar-refractivity contribution in [2.75, 3.05) is 5.32 Å². The van der Waals surface area contributed by atoms with Crippen LogP contribution in [-0.2, 0) is 16.2 Å². The molecule has 3 aromatic carbocycles. The number of anilines is 1. The lowest BCUT2D eigenvalue weighted by molar-refractivity contribution is -0.136. The lowest BCUT2D eigenvalue weighted by Crippen LogP contribution is -2.32. The van der Waals surface area contributed by atoms with E-state index in [1.165, 1.54) is 6.21 Å². The number of hydrogen-bond donors (Lipinski definition) is 2. The third kappa shape index (κ3) is 6.28. The first-order valence-electron chi connectivity index (χ1n) is 9.18. The molecule has 3 rings (SSSR count). The Bertz CT molecular complexity index is 1050. The highest BCUT2D eigenvalue weighted by atomic mass is 79.9. The number of ether oxygens (including phenoxy) is 1. The molecule has 0 aliphatic heterocycles. The standard InChI is InChI=1S/C23H20BrN3O3/c1-16-7-10-20(11-8-16)26-22(28)23(29)27-25-14-18-13-19(24)9-12-21(18)30-15-17-5-3-2-4-6-17/h2-14H,15H2,1H3,(H,26,28)(H,27,29)/b25-14-. The molecule has 7 heteroatoms. The van der Waals surface area contributed by atoms with Crippen molar-refractivity contribution < 1.29 is 14.3 Å². The molecule has 0 aromatic heterocycles. The molecular formula is C23H20BrN3O3. The average molecular weight is 466 g/mol. The van der Waals surface area contributed by atoms with Crippen LogP contribution >= 0.6 is 15.9 Å². The third-order valence-corrected chi connectivity index (χ3v) is 4.59. The fraction of sp³-hybridized carbons (Fsp3) is 0.0870. The van der Waals surface area contributed by atoms with Crippen LogP contribution in [-0.4, -0.2) is 18.0 Å². The molecule has 0 heterocycles. The second-order valence-electron chi connectivity index (χ2n) is 6.48. The van der Waals surface area contributed by atoms with Crippen molar-refractivity contribution in [3.8, 4) is 5.75 Å². The maximum atomic E-state index is 12.0. The number of nitrogens with one attached hydrogen (secondary N) is 2. The van der Waals surface area contributed by atoms with E-state index in [9.17, 15) is 9.59 Å². The number of rotatable bonds is 6. The van der Waals surface area contributed by atoms with Crippen LogP contribution in [0.1, 0.15) is 16.7 Å². The van der Waals surface area contributed by atoms with Gasteiger partial charge < -0.3 is 10.1 Å². The molecular weight excluding hydrogens is 446 g/mol. The van der Waals surface area contributed by atoms with Crippen LogP contribution in [0.25, 0.3) is 0 Å². The predicted molar refractivity (Wildman–Crippen MR) is 120 cm³/mol. The molecule has 0 spiro atoms. The van der Waals surface area contributed by atoms with Gasteiger partial charge in [0.25, 0.3) is 0 Å². The van der Waals surface area contributed by atoms with E-state index in [-0.39, 0.29) is 0 Å². The summed E-state index contributed by atoms with van der Waals surface area (Å²) in [6.45, 7) is 2.33. The van der Waals surface area contributed by atoms with Gasteiger partial charge in [-0.05, 0) is 42.8 Å². The second-order valence-corrected chi connectivity index (χ2v) is 7.39. The van der Waals surface area contributed by atoms with Crippen LogP contribution in [0.2, 0.25) is 0 Å². The summed E-state index contributed by atoms with van der Waals surface area (Å²) in [6, 6.07) is 22.4. The van der Waals surface area contributed by atoms with E-state index in [1.807, 2.05) is 61.5 Å². The summed E-state index contributed by atoms with van der Waals surface area (Å²) >= 11 is 3.41. The number of hydrazone groups is 1. The van der Waals surface area contributed by atoms with Crippen LogP contribution in [0.3, 0.4) is 0 Å². The van der Waals surface area contributed by atoms with E-state index in [4.69, 9.17) is 4.74 Å². The van der Waals surface area contributed by atoms with Gasteiger partial charge >= 0.3 is 11.8 Å². The first-order valence-corrected chi connectivity index (χ1v) is 9.98. The first kappa shape index (κ1) is 21.3. The van der Waals surface area contributed by atoms with Gasteiger partial charge in [-0.3, -0.25) is 9.59 Å². The predicted octanol–water partition coefficient (Wildman–Crippen LogP) is 4.43. The second kappa shape index (κ2) is 10.4. The van der Waals surface area contributed by atoms with E-state index in [0.717, 1.165) is 15.6 Å². The number of hydrogen-bond acceptors (Lipinski definition) is 4. The van der Waals surface area contributed by atoms with Gasteiger partial charge in [-0.2, -0.15) is 5.10 Å². The highest BCUT2D eigenvalue weighted by Gasteiger charge is 2.13. The molecule has 2 amide bonds. The van der Waals surface area contributed by atoms with Crippen molar-refractivity contribution in [2.24, 2.45) is 5.10 Å². The quantitative estimate of drug-likeness (QED) is 0.321. The number of benzene rings is 3. The minimum atomic E-state index is -0.867. The zero-order valence-corrected chi connectivity index (χ0v) is 17.8. The molecule has 0 aliphatic carbocycles. The molecule has 0 saturated heterocycles. The molecule has 6 nitrogen and oxygen atoms in total. The minimum absolute atomic E-state index is 0.397. The van der Waals surface area contributed by atoms with E-state index in [1.54, 1.807) is 18.2 Å². The maximum absolute atomic E-state index is 12.0.